The number of rotatable bonds is 4. The van der Waals surface area contributed by atoms with Crippen molar-refractivity contribution in [3.63, 3.8) is 0 Å². The van der Waals surface area contributed by atoms with Crippen LogP contribution in [0.5, 0.6) is 0 Å². The van der Waals surface area contributed by atoms with E-state index in [1.807, 2.05) is 0 Å². The van der Waals surface area contributed by atoms with Crippen LogP contribution in [0.3, 0.4) is 0 Å². The van der Waals surface area contributed by atoms with Gasteiger partial charge in [0, 0.05) is 4.47 Å². The van der Waals surface area contributed by atoms with E-state index in [0.717, 1.165) is 30.7 Å². The largest absolute Gasteiger partial charge is 0.330 e. The molecule has 0 aliphatic heterocycles. The monoisotopic (exact) mass is 307 g/mol. The van der Waals surface area contributed by atoms with Gasteiger partial charge < -0.3 is 5.73 Å². The molecule has 3 rings (SSSR count). The number of halogens is 1. The average molecular weight is 308 g/mol. The third-order valence-corrected chi connectivity index (χ3v) is 5.58. The standard InChI is InChI=1S/C16H22BrN/c17-15-3-1-2-11(8-15)7-14(10-18)16-9-12-4-5-13(16)6-12/h1-3,8,12-14,16H,4-7,9-10,18H2. The van der Waals surface area contributed by atoms with Crippen LogP contribution in [0.25, 0.3) is 0 Å². The highest BCUT2D eigenvalue weighted by Gasteiger charge is 2.42. The van der Waals surface area contributed by atoms with Crippen molar-refractivity contribution in [3.05, 3.63) is 34.3 Å². The van der Waals surface area contributed by atoms with Crippen molar-refractivity contribution in [1.82, 2.24) is 0 Å². The Morgan fingerprint density at radius 1 is 1.28 bits per heavy atom. The Morgan fingerprint density at radius 2 is 2.17 bits per heavy atom. The van der Waals surface area contributed by atoms with E-state index in [-0.39, 0.29) is 0 Å². The first-order chi connectivity index (χ1) is 8.76. The van der Waals surface area contributed by atoms with Gasteiger partial charge >= 0.3 is 0 Å². The number of nitrogens with two attached hydrogens (primary N) is 1. The molecule has 98 valence electrons. The molecular weight excluding hydrogens is 286 g/mol. The summed E-state index contributed by atoms with van der Waals surface area (Å²) in [5.41, 5.74) is 7.49. The molecule has 2 saturated carbocycles. The lowest BCUT2D eigenvalue weighted by Gasteiger charge is -2.29. The molecule has 18 heavy (non-hydrogen) atoms. The first kappa shape index (κ1) is 12.7. The normalized spacial score (nSPS) is 31.8. The molecule has 4 atom stereocenters. The van der Waals surface area contributed by atoms with Crippen molar-refractivity contribution in [2.45, 2.75) is 32.1 Å². The van der Waals surface area contributed by atoms with E-state index in [1.165, 1.54) is 35.7 Å². The molecule has 0 heterocycles. The van der Waals surface area contributed by atoms with Crippen molar-refractivity contribution < 1.29 is 0 Å². The van der Waals surface area contributed by atoms with Gasteiger partial charge in [-0.3, -0.25) is 0 Å². The molecule has 1 nitrogen and oxygen atoms in total. The molecule has 0 spiro atoms. The highest BCUT2D eigenvalue weighted by molar-refractivity contribution is 9.10. The van der Waals surface area contributed by atoms with Gasteiger partial charge in [-0.15, -0.1) is 0 Å². The van der Waals surface area contributed by atoms with E-state index >= 15 is 0 Å². The molecule has 1 aromatic carbocycles. The Balaban J connectivity index is 1.69. The van der Waals surface area contributed by atoms with E-state index in [2.05, 4.69) is 40.2 Å². The molecule has 0 saturated heterocycles. The van der Waals surface area contributed by atoms with E-state index in [1.54, 1.807) is 0 Å². The van der Waals surface area contributed by atoms with Crippen LogP contribution in [0.2, 0.25) is 0 Å². The smallest absolute Gasteiger partial charge is 0.0177 e. The van der Waals surface area contributed by atoms with Crippen LogP contribution in [0, 0.1) is 23.7 Å². The molecular formula is C16H22BrN. The second-order valence-electron chi connectivity index (χ2n) is 6.17. The van der Waals surface area contributed by atoms with Crippen LogP contribution < -0.4 is 5.73 Å². The van der Waals surface area contributed by atoms with Crippen molar-refractivity contribution in [1.29, 1.82) is 0 Å². The van der Waals surface area contributed by atoms with Crippen molar-refractivity contribution in [3.8, 4) is 0 Å². The predicted octanol–water partition coefficient (Wildman–Crippen LogP) is 4.00. The first-order valence-electron chi connectivity index (χ1n) is 7.20. The second kappa shape index (κ2) is 5.34. The fraction of sp³-hybridized carbons (Fsp3) is 0.625. The average Bonchev–Trinajstić information content (AvgIpc) is 2.98. The van der Waals surface area contributed by atoms with Gasteiger partial charge in [0.1, 0.15) is 0 Å². The Morgan fingerprint density at radius 3 is 2.78 bits per heavy atom. The molecule has 2 N–H and O–H groups in total. The number of hydrogen-bond acceptors (Lipinski definition) is 1. The summed E-state index contributed by atoms with van der Waals surface area (Å²) in [7, 11) is 0. The van der Waals surface area contributed by atoms with Crippen molar-refractivity contribution in [2.24, 2.45) is 29.4 Å². The van der Waals surface area contributed by atoms with Gasteiger partial charge in [0.25, 0.3) is 0 Å². The molecule has 0 amide bonds. The van der Waals surface area contributed by atoms with Gasteiger partial charge in [-0.2, -0.15) is 0 Å². The minimum atomic E-state index is 0.689. The summed E-state index contributed by atoms with van der Waals surface area (Å²) < 4.78 is 1.18. The van der Waals surface area contributed by atoms with Gasteiger partial charge in [-0.1, -0.05) is 34.5 Å². The third kappa shape index (κ3) is 2.50. The molecule has 2 fully saturated rings. The molecule has 2 aliphatic carbocycles. The van der Waals surface area contributed by atoms with Crippen molar-refractivity contribution >= 4 is 15.9 Å². The molecule has 2 heteroatoms. The van der Waals surface area contributed by atoms with Crippen molar-refractivity contribution in [2.75, 3.05) is 6.54 Å². The summed E-state index contributed by atoms with van der Waals surface area (Å²) in [5.74, 6) is 3.59. The van der Waals surface area contributed by atoms with E-state index < -0.39 is 0 Å². The molecule has 0 radical (unpaired) electrons. The van der Waals surface area contributed by atoms with Crippen LogP contribution in [0.15, 0.2) is 28.7 Å². The Hall–Kier alpha value is -0.340. The Kier molecular flexibility index (Phi) is 3.76. The van der Waals surface area contributed by atoms with E-state index in [9.17, 15) is 0 Å². The van der Waals surface area contributed by atoms with Gasteiger partial charge in [0.05, 0.1) is 0 Å². The van der Waals surface area contributed by atoms with Gasteiger partial charge in [-0.05, 0) is 73.6 Å². The summed E-state index contributed by atoms with van der Waals surface area (Å²) in [6.07, 6.45) is 7.03. The molecule has 1 aromatic rings. The minimum Gasteiger partial charge on any atom is -0.330 e. The maximum Gasteiger partial charge on any atom is 0.0177 e. The van der Waals surface area contributed by atoms with Crippen LogP contribution in [-0.4, -0.2) is 6.54 Å². The lowest BCUT2D eigenvalue weighted by atomic mass is 9.77. The SMILES string of the molecule is NCC(Cc1cccc(Br)c1)C1CC2CCC1C2. The van der Waals surface area contributed by atoms with E-state index in [0.29, 0.717) is 5.92 Å². The van der Waals surface area contributed by atoms with Gasteiger partial charge in [-0.25, -0.2) is 0 Å². The van der Waals surface area contributed by atoms with Gasteiger partial charge in [0.15, 0.2) is 0 Å². The maximum absolute atomic E-state index is 6.06. The summed E-state index contributed by atoms with van der Waals surface area (Å²) >= 11 is 3.56. The molecule has 2 aliphatic rings. The number of hydrogen-bond donors (Lipinski definition) is 1. The molecule has 4 unspecified atom stereocenters. The Labute approximate surface area is 118 Å². The fourth-order valence-electron chi connectivity index (χ4n) is 4.25. The third-order valence-electron chi connectivity index (χ3n) is 5.09. The van der Waals surface area contributed by atoms with Gasteiger partial charge in [0.2, 0.25) is 0 Å². The summed E-state index contributed by atoms with van der Waals surface area (Å²) in [4.78, 5) is 0. The second-order valence-corrected chi connectivity index (χ2v) is 7.08. The highest BCUT2D eigenvalue weighted by atomic mass is 79.9. The zero-order chi connectivity index (χ0) is 12.5. The lowest BCUT2D eigenvalue weighted by Crippen LogP contribution is -2.29. The van der Waals surface area contributed by atoms with E-state index in [4.69, 9.17) is 5.73 Å². The predicted molar refractivity (Wildman–Crippen MR) is 79.3 cm³/mol. The Bertz CT molecular complexity index is 417. The highest BCUT2D eigenvalue weighted by Crippen LogP contribution is 2.51. The fourth-order valence-corrected chi connectivity index (χ4v) is 4.69. The minimum absolute atomic E-state index is 0.689. The topological polar surface area (TPSA) is 26.0 Å². The van der Waals surface area contributed by atoms with Crippen LogP contribution >= 0.6 is 15.9 Å². The number of fused-ring (bicyclic) bond motifs is 2. The zero-order valence-electron chi connectivity index (χ0n) is 10.8. The zero-order valence-corrected chi connectivity index (χ0v) is 12.4. The summed E-state index contributed by atoms with van der Waals surface area (Å²) in [6.45, 7) is 0.848. The number of benzene rings is 1. The summed E-state index contributed by atoms with van der Waals surface area (Å²) in [6, 6.07) is 8.71. The van der Waals surface area contributed by atoms with Crippen LogP contribution in [-0.2, 0) is 6.42 Å². The van der Waals surface area contributed by atoms with Crippen LogP contribution in [0.4, 0.5) is 0 Å². The molecule has 0 aromatic heterocycles. The summed E-state index contributed by atoms with van der Waals surface area (Å²) in [5, 5.41) is 0. The van der Waals surface area contributed by atoms with Crippen LogP contribution in [0.1, 0.15) is 31.2 Å². The lowest BCUT2D eigenvalue weighted by molar-refractivity contribution is 0.230. The maximum atomic E-state index is 6.06. The first-order valence-corrected chi connectivity index (χ1v) is 8.00. The molecule has 2 bridgehead atoms. The quantitative estimate of drug-likeness (QED) is 0.894.